The summed E-state index contributed by atoms with van der Waals surface area (Å²) in [7, 11) is 1.85. The van der Waals surface area contributed by atoms with Crippen LogP contribution in [0.2, 0.25) is 0 Å². The molecule has 5 heteroatoms. The molecule has 1 saturated heterocycles. The average molecular weight is 402 g/mol. The minimum atomic E-state index is 0.0501. The predicted octanol–water partition coefficient (Wildman–Crippen LogP) is 2.97. The molecule has 1 aromatic rings. The highest BCUT2D eigenvalue weighted by Crippen LogP contribution is 2.22. The lowest BCUT2D eigenvalue weighted by molar-refractivity contribution is 0.124. The van der Waals surface area contributed by atoms with Gasteiger partial charge < -0.3 is 20.4 Å². The third-order valence-corrected chi connectivity index (χ3v) is 6.17. The van der Waals surface area contributed by atoms with Crippen molar-refractivity contribution in [2.75, 3.05) is 59.4 Å². The minimum absolute atomic E-state index is 0.0501. The fourth-order valence-corrected chi connectivity index (χ4v) is 3.88. The predicted molar refractivity (Wildman–Crippen MR) is 126 cm³/mol. The van der Waals surface area contributed by atoms with Gasteiger partial charge in [0.15, 0.2) is 5.96 Å². The van der Waals surface area contributed by atoms with Crippen molar-refractivity contribution in [3.8, 4) is 0 Å². The van der Waals surface area contributed by atoms with Gasteiger partial charge in [-0.25, -0.2) is 0 Å². The maximum absolute atomic E-state index is 4.43. The fraction of sp³-hybridized carbons (Fsp3) is 0.708. The molecular formula is C24H43N5. The molecule has 0 bridgehead atoms. The number of piperazine rings is 1. The summed E-state index contributed by atoms with van der Waals surface area (Å²) in [4.78, 5) is 9.55. The number of hydrogen-bond donors (Lipinski definition) is 2. The minimum Gasteiger partial charge on any atom is -0.356 e. The van der Waals surface area contributed by atoms with E-state index >= 15 is 0 Å². The quantitative estimate of drug-likeness (QED) is 0.493. The van der Waals surface area contributed by atoms with Crippen molar-refractivity contribution in [3.63, 3.8) is 0 Å². The number of nitrogens with one attached hydrogen (secondary N) is 2. The van der Waals surface area contributed by atoms with Crippen LogP contribution in [-0.2, 0) is 11.8 Å². The molecule has 0 aliphatic carbocycles. The second kappa shape index (κ2) is 11.6. The Hall–Kier alpha value is -1.59. The van der Waals surface area contributed by atoms with Gasteiger partial charge in [0, 0.05) is 58.3 Å². The molecule has 0 radical (unpaired) electrons. The van der Waals surface area contributed by atoms with Crippen LogP contribution in [0.1, 0.15) is 45.7 Å². The van der Waals surface area contributed by atoms with Gasteiger partial charge in [0.2, 0.25) is 0 Å². The number of guanidine groups is 1. The van der Waals surface area contributed by atoms with Crippen LogP contribution >= 0.6 is 0 Å². The summed E-state index contributed by atoms with van der Waals surface area (Å²) in [5, 5.41) is 7.05. The topological polar surface area (TPSA) is 42.9 Å². The van der Waals surface area contributed by atoms with Crippen LogP contribution in [0.15, 0.2) is 29.3 Å². The van der Waals surface area contributed by atoms with Gasteiger partial charge in [-0.05, 0) is 30.0 Å². The molecule has 164 valence electrons. The van der Waals surface area contributed by atoms with E-state index in [1.165, 1.54) is 43.9 Å². The van der Waals surface area contributed by atoms with E-state index in [1.807, 2.05) is 7.05 Å². The number of likely N-dealkylation sites (N-methyl/N-ethyl adjacent to an activating group) is 1. The smallest absolute Gasteiger partial charge is 0.191 e. The molecule has 1 fully saturated rings. The van der Waals surface area contributed by atoms with E-state index in [0.29, 0.717) is 5.92 Å². The Labute approximate surface area is 179 Å². The largest absolute Gasteiger partial charge is 0.356 e. The number of rotatable bonds is 9. The first-order valence-electron chi connectivity index (χ1n) is 11.4. The van der Waals surface area contributed by atoms with Crippen LogP contribution < -0.4 is 10.6 Å². The first-order valence-corrected chi connectivity index (χ1v) is 11.4. The number of aliphatic imine (C=N–C) groups is 1. The Morgan fingerprint density at radius 1 is 1.03 bits per heavy atom. The number of nitrogens with zero attached hydrogens (tertiary/aromatic N) is 3. The highest BCUT2D eigenvalue weighted by molar-refractivity contribution is 5.79. The van der Waals surface area contributed by atoms with Gasteiger partial charge in [0.25, 0.3) is 0 Å². The van der Waals surface area contributed by atoms with Crippen LogP contribution in [0.3, 0.4) is 0 Å². The van der Waals surface area contributed by atoms with E-state index in [4.69, 9.17) is 0 Å². The second-order valence-electron chi connectivity index (χ2n) is 9.08. The van der Waals surface area contributed by atoms with Crippen LogP contribution in [-0.4, -0.2) is 75.2 Å². The van der Waals surface area contributed by atoms with Crippen molar-refractivity contribution >= 4 is 5.96 Å². The Bertz CT molecular complexity index is 615. The summed E-state index contributed by atoms with van der Waals surface area (Å²) in [6, 6.07) is 9.01. The monoisotopic (exact) mass is 401 g/mol. The van der Waals surface area contributed by atoms with Crippen molar-refractivity contribution in [2.24, 2.45) is 10.9 Å². The van der Waals surface area contributed by atoms with Gasteiger partial charge in [-0.1, -0.05) is 58.9 Å². The highest BCUT2D eigenvalue weighted by atomic mass is 15.3. The van der Waals surface area contributed by atoms with Crippen molar-refractivity contribution in [1.82, 2.24) is 20.4 Å². The average Bonchev–Trinajstić information content (AvgIpc) is 2.74. The van der Waals surface area contributed by atoms with Gasteiger partial charge in [0.05, 0.1) is 0 Å². The third-order valence-electron chi connectivity index (χ3n) is 6.17. The van der Waals surface area contributed by atoms with Gasteiger partial charge >= 0.3 is 0 Å². The Morgan fingerprint density at radius 2 is 1.66 bits per heavy atom. The van der Waals surface area contributed by atoms with Crippen LogP contribution in [0.5, 0.6) is 0 Å². The Kier molecular flexibility index (Phi) is 9.44. The summed E-state index contributed by atoms with van der Waals surface area (Å²) >= 11 is 0. The molecule has 1 atom stereocenters. The molecule has 5 nitrogen and oxygen atoms in total. The van der Waals surface area contributed by atoms with E-state index < -0.39 is 0 Å². The lowest BCUT2D eigenvalue weighted by atomic mass is 9.84. The van der Waals surface area contributed by atoms with Gasteiger partial charge in [-0.2, -0.15) is 0 Å². The van der Waals surface area contributed by atoms with Gasteiger partial charge in [-0.3, -0.25) is 4.99 Å². The summed E-state index contributed by atoms with van der Waals surface area (Å²) in [6.07, 6.45) is 1.09. The summed E-state index contributed by atoms with van der Waals surface area (Å²) in [5.41, 5.74) is 2.80. The van der Waals surface area contributed by atoms with Gasteiger partial charge in [0.1, 0.15) is 0 Å². The van der Waals surface area contributed by atoms with Crippen LogP contribution in [0.4, 0.5) is 0 Å². The molecule has 1 heterocycles. The molecule has 0 amide bonds. The molecular weight excluding hydrogens is 358 g/mol. The first-order chi connectivity index (χ1) is 13.9. The zero-order valence-electron chi connectivity index (χ0n) is 19.6. The number of benzene rings is 1. The second-order valence-corrected chi connectivity index (χ2v) is 9.08. The SMILES string of the molecule is CCc1ccc(C(C)(C)CNC(=NC)NCC(C)CN2CCN(CC)CC2)cc1. The van der Waals surface area contributed by atoms with E-state index in [1.54, 1.807) is 0 Å². The lowest BCUT2D eigenvalue weighted by Gasteiger charge is -2.35. The number of hydrogen-bond acceptors (Lipinski definition) is 3. The van der Waals surface area contributed by atoms with E-state index in [0.717, 1.165) is 32.0 Å². The standard InChI is InChI=1S/C24H43N5/c1-7-21-9-11-22(12-10-21)24(4,5)19-27-23(25-6)26-17-20(3)18-29-15-13-28(8-2)14-16-29/h9-12,20H,7-8,13-19H2,1-6H3,(H2,25,26,27). The molecule has 2 N–H and O–H groups in total. The molecule has 1 aromatic carbocycles. The summed E-state index contributed by atoms with van der Waals surface area (Å²) in [5.74, 6) is 1.49. The molecule has 0 spiro atoms. The molecule has 1 aliphatic heterocycles. The van der Waals surface area contributed by atoms with Crippen molar-refractivity contribution in [2.45, 2.75) is 46.5 Å². The lowest BCUT2D eigenvalue weighted by Crippen LogP contribution is -2.49. The summed E-state index contributed by atoms with van der Waals surface area (Å²) < 4.78 is 0. The summed E-state index contributed by atoms with van der Waals surface area (Å²) in [6.45, 7) is 20.2. The van der Waals surface area contributed by atoms with E-state index in [2.05, 4.69) is 84.3 Å². The fourth-order valence-electron chi connectivity index (χ4n) is 3.88. The van der Waals surface area contributed by atoms with Crippen LogP contribution in [0.25, 0.3) is 0 Å². The molecule has 0 aromatic heterocycles. The third kappa shape index (κ3) is 7.63. The zero-order chi connectivity index (χ0) is 21.3. The number of aryl methyl sites for hydroxylation is 1. The molecule has 29 heavy (non-hydrogen) atoms. The van der Waals surface area contributed by atoms with Gasteiger partial charge in [-0.15, -0.1) is 0 Å². The van der Waals surface area contributed by atoms with Crippen molar-refractivity contribution in [1.29, 1.82) is 0 Å². The van der Waals surface area contributed by atoms with Crippen LogP contribution in [0, 0.1) is 5.92 Å². The normalized spacial score (nSPS) is 17.9. The van der Waals surface area contributed by atoms with Crippen molar-refractivity contribution < 1.29 is 0 Å². The Morgan fingerprint density at radius 3 is 2.21 bits per heavy atom. The Balaban J connectivity index is 1.75. The molecule has 1 aliphatic rings. The van der Waals surface area contributed by atoms with E-state index in [9.17, 15) is 0 Å². The molecule has 1 unspecified atom stereocenters. The van der Waals surface area contributed by atoms with Crippen molar-refractivity contribution in [3.05, 3.63) is 35.4 Å². The zero-order valence-corrected chi connectivity index (χ0v) is 19.6. The maximum atomic E-state index is 4.43. The highest BCUT2D eigenvalue weighted by Gasteiger charge is 2.21. The van der Waals surface area contributed by atoms with E-state index in [-0.39, 0.29) is 5.41 Å². The first kappa shape index (κ1) is 23.7. The molecule has 2 rings (SSSR count). The molecule has 0 saturated carbocycles. The maximum Gasteiger partial charge on any atom is 0.191 e.